The van der Waals surface area contributed by atoms with Crippen LogP contribution in [0.3, 0.4) is 0 Å². The van der Waals surface area contributed by atoms with Gasteiger partial charge >= 0.3 is 0 Å². The molecule has 0 unspecified atom stereocenters. The van der Waals surface area contributed by atoms with Crippen LogP contribution in [0.25, 0.3) is 0 Å². The normalized spacial score (nSPS) is 16.7. The van der Waals surface area contributed by atoms with Crippen molar-refractivity contribution < 1.29 is 4.21 Å². The van der Waals surface area contributed by atoms with Gasteiger partial charge in [-0.3, -0.25) is 9.11 Å². The Morgan fingerprint density at radius 1 is 1.28 bits per heavy atom. The van der Waals surface area contributed by atoms with Crippen LogP contribution < -0.4 is 0 Å². The van der Waals surface area contributed by atoms with E-state index in [1.54, 1.807) is 0 Å². The number of rotatable bonds is 5. The molecule has 1 aromatic rings. The fourth-order valence-electron chi connectivity index (χ4n) is 2.34. The van der Waals surface area contributed by atoms with Gasteiger partial charge in [-0.15, -0.1) is 12.4 Å². The monoisotopic (exact) mass is 287 g/mol. The van der Waals surface area contributed by atoms with Gasteiger partial charge in [-0.1, -0.05) is 31.2 Å². The molecule has 1 heterocycles. The van der Waals surface area contributed by atoms with Crippen molar-refractivity contribution in [2.45, 2.75) is 26.3 Å². The molecular formula is C14H22ClNOS. The molecule has 0 spiro atoms. The van der Waals surface area contributed by atoms with E-state index < -0.39 is 10.8 Å². The minimum absolute atomic E-state index is 0. The largest absolute Gasteiger partial charge is 0.299 e. The number of nitrogens with zero attached hydrogens (tertiary/aromatic N) is 1. The molecule has 2 rings (SSSR count). The number of hydrogen-bond donors (Lipinski definition) is 0. The van der Waals surface area contributed by atoms with Crippen LogP contribution in [0.2, 0.25) is 0 Å². The first-order chi connectivity index (χ1) is 8.29. The summed E-state index contributed by atoms with van der Waals surface area (Å²) in [4.78, 5) is 2.48. The van der Waals surface area contributed by atoms with Gasteiger partial charge in [0.2, 0.25) is 0 Å². The first kappa shape index (κ1) is 15.7. The van der Waals surface area contributed by atoms with E-state index in [4.69, 9.17) is 0 Å². The van der Waals surface area contributed by atoms with Crippen LogP contribution in [0.15, 0.2) is 24.3 Å². The van der Waals surface area contributed by atoms with Gasteiger partial charge in [0, 0.05) is 35.4 Å². The van der Waals surface area contributed by atoms with Gasteiger partial charge in [-0.05, 0) is 30.5 Å². The second kappa shape index (κ2) is 7.93. The van der Waals surface area contributed by atoms with Gasteiger partial charge < -0.3 is 0 Å². The molecule has 0 aromatic heterocycles. The molecule has 18 heavy (non-hydrogen) atoms. The first-order valence-electron chi connectivity index (χ1n) is 6.43. The molecule has 1 atom stereocenters. The highest BCUT2D eigenvalue weighted by atomic mass is 35.5. The highest BCUT2D eigenvalue weighted by molar-refractivity contribution is 7.84. The quantitative estimate of drug-likeness (QED) is 0.830. The highest BCUT2D eigenvalue weighted by Gasteiger charge is 2.14. The summed E-state index contributed by atoms with van der Waals surface area (Å²) < 4.78 is 11.3. The van der Waals surface area contributed by atoms with Crippen molar-refractivity contribution in [1.82, 2.24) is 4.90 Å². The molecule has 0 N–H and O–H groups in total. The molecule has 1 aliphatic heterocycles. The summed E-state index contributed by atoms with van der Waals surface area (Å²) in [5.41, 5.74) is 2.97. The number of benzene rings is 1. The zero-order valence-electron chi connectivity index (χ0n) is 10.9. The average Bonchev–Trinajstić information content (AvgIpc) is 2.38. The SMILES string of the molecule is CC[S@](=O)CCCN1CCc2ccccc2C1.Cl. The Hall–Kier alpha value is -0.380. The molecule has 0 radical (unpaired) electrons. The molecule has 0 saturated heterocycles. The van der Waals surface area contributed by atoms with Crippen LogP contribution in [0.1, 0.15) is 24.5 Å². The molecule has 0 amide bonds. The van der Waals surface area contributed by atoms with Gasteiger partial charge in [-0.25, -0.2) is 0 Å². The molecular weight excluding hydrogens is 266 g/mol. The van der Waals surface area contributed by atoms with E-state index in [1.165, 1.54) is 11.1 Å². The lowest BCUT2D eigenvalue weighted by atomic mass is 10.00. The van der Waals surface area contributed by atoms with Crippen LogP contribution in [-0.2, 0) is 23.8 Å². The summed E-state index contributed by atoms with van der Waals surface area (Å²) in [6, 6.07) is 8.71. The van der Waals surface area contributed by atoms with Gasteiger partial charge in [-0.2, -0.15) is 0 Å². The Bertz CT molecular complexity index is 397. The van der Waals surface area contributed by atoms with Gasteiger partial charge in [0.1, 0.15) is 0 Å². The topological polar surface area (TPSA) is 20.3 Å². The third kappa shape index (κ3) is 4.38. The third-order valence-electron chi connectivity index (χ3n) is 3.38. The molecule has 0 saturated carbocycles. The maximum absolute atomic E-state index is 11.3. The van der Waals surface area contributed by atoms with Crippen molar-refractivity contribution in [3.63, 3.8) is 0 Å². The van der Waals surface area contributed by atoms with E-state index in [0.717, 1.165) is 44.0 Å². The molecule has 0 aliphatic carbocycles. The highest BCUT2D eigenvalue weighted by Crippen LogP contribution is 2.18. The number of fused-ring (bicyclic) bond motifs is 1. The molecule has 2 nitrogen and oxygen atoms in total. The first-order valence-corrected chi connectivity index (χ1v) is 7.92. The summed E-state index contributed by atoms with van der Waals surface area (Å²) in [5, 5.41) is 0. The predicted molar refractivity (Wildman–Crippen MR) is 80.8 cm³/mol. The van der Waals surface area contributed by atoms with Crippen LogP contribution in [-0.4, -0.2) is 33.7 Å². The van der Waals surface area contributed by atoms with Gasteiger partial charge in [0.25, 0.3) is 0 Å². The van der Waals surface area contributed by atoms with Crippen molar-refractivity contribution in [3.05, 3.63) is 35.4 Å². The number of halogens is 1. The Morgan fingerprint density at radius 3 is 2.72 bits per heavy atom. The Labute approximate surface area is 119 Å². The van der Waals surface area contributed by atoms with Crippen LogP contribution in [0, 0.1) is 0 Å². The molecule has 102 valence electrons. The van der Waals surface area contributed by atoms with Crippen molar-refractivity contribution >= 4 is 23.2 Å². The van der Waals surface area contributed by atoms with E-state index in [1.807, 2.05) is 6.92 Å². The van der Waals surface area contributed by atoms with E-state index in [9.17, 15) is 4.21 Å². The van der Waals surface area contributed by atoms with Crippen molar-refractivity contribution in [2.24, 2.45) is 0 Å². The lowest BCUT2D eigenvalue weighted by Gasteiger charge is -2.28. The summed E-state index contributed by atoms with van der Waals surface area (Å²) in [6.07, 6.45) is 2.22. The maximum Gasteiger partial charge on any atom is 0.0246 e. The van der Waals surface area contributed by atoms with Gasteiger partial charge in [0.15, 0.2) is 0 Å². The zero-order valence-corrected chi connectivity index (χ0v) is 12.6. The maximum atomic E-state index is 11.3. The number of hydrogen-bond acceptors (Lipinski definition) is 2. The molecule has 4 heteroatoms. The van der Waals surface area contributed by atoms with Crippen molar-refractivity contribution in [2.75, 3.05) is 24.6 Å². The van der Waals surface area contributed by atoms with Crippen molar-refractivity contribution in [3.8, 4) is 0 Å². The van der Waals surface area contributed by atoms with Crippen molar-refractivity contribution in [1.29, 1.82) is 0 Å². The lowest BCUT2D eigenvalue weighted by Crippen LogP contribution is -2.31. The zero-order chi connectivity index (χ0) is 12.1. The third-order valence-corrected chi connectivity index (χ3v) is 4.77. The lowest BCUT2D eigenvalue weighted by molar-refractivity contribution is 0.255. The Balaban J connectivity index is 0.00000162. The van der Waals surface area contributed by atoms with Crippen LogP contribution in [0.5, 0.6) is 0 Å². The molecule has 1 aromatic carbocycles. The fraction of sp³-hybridized carbons (Fsp3) is 0.571. The Morgan fingerprint density at radius 2 is 2.00 bits per heavy atom. The van der Waals surface area contributed by atoms with E-state index in [0.29, 0.717) is 0 Å². The second-order valence-electron chi connectivity index (χ2n) is 4.58. The van der Waals surface area contributed by atoms with Crippen LogP contribution >= 0.6 is 12.4 Å². The van der Waals surface area contributed by atoms with Gasteiger partial charge in [0.05, 0.1) is 0 Å². The fourth-order valence-corrected chi connectivity index (χ4v) is 3.08. The van der Waals surface area contributed by atoms with E-state index in [-0.39, 0.29) is 12.4 Å². The minimum Gasteiger partial charge on any atom is -0.299 e. The summed E-state index contributed by atoms with van der Waals surface area (Å²) in [5.74, 6) is 1.65. The van der Waals surface area contributed by atoms with Crippen LogP contribution in [0.4, 0.5) is 0 Å². The summed E-state index contributed by atoms with van der Waals surface area (Å²) >= 11 is 0. The summed E-state index contributed by atoms with van der Waals surface area (Å²) in [7, 11) is -0.603. The minimum atomic E-state index is -0.603. The standard InChI is InChI=1S/C14H21NOS.ClH/c1-2-17(16)11-5-9-15-10-8-13-6-3-4-7-14(13)12-15;/h3-4,6-7H,2,5,8-12H2,1H3;1H/t17-;/m0./s1. The van der Waals surface area contributed by atoms with E-state index in [2.05, 4.69) is 29.2 Å². The summed E-state index contributed by atoms with van der Waals surface area (Å²) in [6.45, 7) is 5.29. The van der Waals surface area contributed by atoms with E-state index >= 15 is 0 Å². The molecule has 0 fully saturated rings. The smallest absolute Gasteiger partial charge is 0.0246 e. The Kier molecular flexibility index (Phi) is 6.90. The average molecular weight is 288 g/mol. The predicted octanol–water partition coefficient (Wildman–Crippen LogP) is 2.63. The molecule has 1 aliphatic rings. The molecule has 0 bridgehead atoms. The second-order valence-corrected chi connectivity index (χ2v) is 6.45.